The molecule has 3 nitrogen and oxygen atoms in total. The van der Waals surface area contributed by atoms with Gasteiger partial charge in [-0.1, -0.05) is 17.7 Å². The highest BCUT2D eigenvalue weighted by atomic mass is 35.5. The molecule has 0 spiro atoms. The Morgan fingerprint density at radius 2 is 2.28 bits per heavy atom. The van der Waals surface area contributed by atoms with Crippen LogP contribution in [0.15, 0.2) is 18.2 Å². The van der Waals surface area contributed by atoms with E-state index in [1.807, 2.05) is 13.0 Å². The SMILES string of the molecule is CC1CN(c2ccc(C(C)N)cc2Cl)CCCO1. The highest BCUT2D eigenvalue weighted by molar-refractivity contribution is 6.33. The molecule has 1 aromatic carbocycles. The Hall–Kier alpha value is -0.770. The number of rotatable bonds is 2. The van der Waals surface area contributed by atoms with Crippen LogP contribution in [-0.4, -0.2) is 25.8 Å². The lowest BCUT2D eigenvalue weighted by Gasteiger charge is -2.26. The summed E-state index contributed by atoms with van der Waals surface area (Å²) in [6, 6.07) is 6.11. The van der Waals surface area contributed by atoms with Crippen LogP contribution in [0.25, 0.3) is 0 Å². The van der Waals surface area contributed by atoms with Crippen molar-refractivity contribution in [3.8, 4) is 0 Å². The first kappa shape index (κ1) is 13.7. The Morgan fingerprint density at radius 1 is 1.50 bits per heavy atom. The first-order valence-corrected chi connectivity index (χ1v) is 6.87. The Morgan fingerprint density at radius 3 is 2.94 bits per heavy atom. The number of nitrogens with two attached hydrogens (primary N) is 1. The molecule has 1 heterocycles. The summed E-state index contributed by atoms with van der Waals surface area (Å²) in [6.07, 6.45) is 1.28. The third kappa shape index (κ3) is 3.16. The summed E-state index contributed by atoms with van der Waals surface area (Å²) in [5.74, 6) is 0. The van der Waals surface area contributed by atoms with Crippen molar-refractivity contribution in [2.24, 2.45) is 5.73 Å². The molecule has 2 N–H and O–H groups in total. The number of hydrogen-bond donors (Lipinski definition) is 1. The van der Waals surface area contributed by atoms with Crippen molar-refractivity contribution >= 4 is 17.3 Å². The van der Waals surface area contributed by atoms with Gasteiger partial charge < -0.3 is 15.4 Å². The minimum atomic E-state index is 0.0166. The van der Waals surface area contributed by atoms with E-state index in [4.69, 9.17) is 22.1 Å². The second-order valence-corrected chi connectivity index (χ2v) is 5.39. The van der Waals surface area contributed by atoms with Crippen LogP contribution in [0, 0.1) is 0 Å². The molecule has 2 atom stereocenters. The van der Waals surface area contributed by atoms with Crippen LogP contribution in [0.3, 0.4) is 0 Å². The smallest absolute Gasteiger partial charge is 0.0721 e. The topological polar surface area (TPSA) is 38.5 Å². The molecular formula is C14H21ClN2O. The average Bonchev–Trinajstić information content (AvgIpc) is 2.53. The zero-order chi connectivity index (χ0) is 13.1. The third-order valence-corrected chi connectivity index (χ3v) is 3.59. The largest absolute Gasteiger partial charge is 0.377 e. The quantitative estimate of drug-likeness (QED) is 0.896. The monoisotopic (exact) mass is 268 g/mol. The zero-order valence-corrected chi connectivity index (χ0v) is 11.8. The summed E-state index contributed by atoms with van der Waals surface area (Å²) in [7, 11) is 0. The van der Waals surface area contributed by atoms with Crippen molar-refractivity contribution in [1.29, 1.82) is 0 Å². The van der Waals surface area contributed by atoms with E-state index in [1.54, 1.807) is 0 Å². The van der Waals surface area contributed by atoms with E-state index < -0.39 is 0 Å². The molecule has 2 unspecified atom stereocenters. The second-order valence-electron chi connectivity index (χ2n) is 4.98. The van der Waals surface area contributed by atoms with Gasteiger partial charge in [0, 0.05) is 25.7 Å². The van der Waals surface area contributed by atoms with Crippen LogP contribution in [-0.2, 0) is 4.74 Å². The van der Waals surface area contributed by atoms with Gasteiger partial charge in [0.05, 0.1) is 16.8 Å². The lowest BCUT2D eigenvalue weighted by Crippen LogP contribution is -2.30. The maximum Gasteiger partial charge on any atom is 0.0721 e. The second kappa shape index (κ2) is 5.91. The normalized spacial score (nSPS) is 22.7. The molecule has 0 aliphatic carbocycles. The fraction of sp³-hybridized carbons (Fsp3) is 0.571. The summed E-state index contributed by atoms with van der Waals surface area (Å²) in [5.41, 5.74) is 8.02. The molecule has 18 heavy (non-hydrogen) atoms. The van der Waals surface area contributed by atoms with Gasteiger partial charge in [-0.2, -0.15) is 0 Å². The molecule has 0 radical (unpaired) electrons. The molecular weight excluding hydrogens is 248 g/mol. The van der Waals surface area contributed by atoms with Crippen molar-refractivity contribution in [2.45, 2.75) is 32.4 Å². The minimum Gasteiger partial charge on any atom is -0.377 e. The Kier molecular flexibility index (Phi) is 4.49. The molecule has 1 aliphatic heterocycles. The van der Waals surface area contributed by atoms with Gasteiger partial charge in [0.25, 0.3) is 0 Å². The number of hydrogen-bond acceptors (Lipinski definition) is 3. The van der Waals surface area contributed by atoms with Gasteiger partial charge in [-0.15, -0.1) is 0 Å². The lowest BCUT2D eigenvalue weighted by molar-refractivity contribution is 0.0821. The van der Waals surface area contributed by atoms with Crippen molar-refractivity contribution in [3.63, 3.8) is 0 Å². The van der Waals surface area contributed by atoms with Crippen molar-refractivity contribution in [3.05, 3.63) is 28.8 Å². The van der Waals surface area contributed by atoms with E-state index in [2.05, 4.69) is 24.0 Å². The van der Waals surface area contributed by atoms with Gasteiger partial charge in [0.1, 0.15) is 0 Å². The van der Waals surface area contributed by atoms with Gasteiger partial charge in [-0.25, -0.2) is 0 Å². The van der Waals surface area contributed by atoms with Crippen LogP contribution >= 0.6 is 11.6 Å². The lowest BCUT2D eigenvalue weighted by atomic mass is 10.1. The maximum absolute atomic E-state index is 6.37. The number of anilines is 1. The van der Waals surface area contributed by atoms with Crippen LogP contribution in [0.2, 0.25) is 5.02 Å². The van der Waals surface area contributed by atoms with Gasteiger partial charge in [0.2, 0.25) is 0 Å². The molecule has 1 aromatic rings. The number of nitrogens with zero attached hydrogens (tertiary/aromatic N) is 1. The summed E-state index contributed by atoms with van der Waals surface area (Å²) in [4.78, 5) is 2.30. The van der Waals surface area contributed by atoms with E-state index in [1.165, 1.54) is 0 Å². The highest BCUT2D eigenvalue weighted by Gasteiger charge is 2.17. The Labute approximate surface area is 114 Å². The Bertz CT molecular complexity index is 409. The minimum absolute atomic E-state index is 0.0166. The van der Waals surface area contributed by atoms with Crippen molar-refractivity contribution in [1.82, 2.24) is 0 Å². The number of halogens is 1. The molecule has 0 saturated carbocycles. The number of ether oxygens (including phenoxy) is 1. The van der Waals surface area contributed by atoms with Gasteiger partial charge in [0.15, 0.2) is 0 Å². The van der Waals surface area contributed by atoms with Crippen LogP contribution in [0.4, 0.5) is 5.69 Å². The standard InChI is InChI=1S/C14H21ClN2O/c1-10-9-17(6-3-7-18-10)14-5-4-12(11(2)16)8-13(14)15/h4-5,8,10-11H,3,6-7,9,16H2,1-2H3. The van der Waals surface area contributed by atoms with Crippen molar-refractivity contribution < 1.29 is 4.74 Å². The molecule has 1 fully saturated rings. The predicted molar refractivity (Wildman–Crippen MR) is 76.3 cm³/mol. The third-order valence-electron chi connectivity index (χ3n) is 3.29. The maximum atomic E-state index is 6.37. The fourth-order valence-electron chi connectivity index (χ4n) is 2.28. The average molecular weight is 269 g/mol. The first-order valence-electron chi connectivity index (χ1n) is 6.49. The van der Waals surface area contributed by atoms with E-state index >= 15 is 0 Å². The molecule has 0 amide bonds. The summed E-state index contributed by atoms with van der Waals surface area (Å²) in [5, 5.41) is 0.777. The highest BCUT2D eigenvalue weighted by Crippen LogP contribution is 2.29. The molecule has 0 bridgehead atoms. The van der Waals surface area contributed by atoms with Crippen LogP contribution < -0.4 is 10.6 Å². The van der Waals surface area contributed by atoms with E-state index in [9.17, 15) is 0 Å². The Balaban J connectivity index is 2.21. The summed E-state index contributed by atoms with van der Waals surface area (Å²) < 4.78 is 5.65. The van der Waals surface area contributed by atoms with E-state index in [0.29, 0.717) is 0 Å². The molecule has 4 heteroatoms. The van der Waals surface area contributed by atoms with Crippen LogP contribution in [0.5, 0.6) is 0 Å². The zero-order valence-electron chi connectivity index (χ0n) is 11.0. The molecule has 1 saturated heterocycles. The predicted octanol–water partition coefficient (Wildman–Crippen LogP) is 2.97. The summed E-state index contributed by atoms with van der Waals surface area (Å²) >= 11 is 6.37. The fourth-order valence-corrected chi connectivity index (χ4v) is 2.58. The number of benzene rings is 1. The first-order chi connectivity index (χ1) is 8.58. The van der Waals surface area contributed by atoms with Gasteiger partial charge >= 0.3 is 0 Å². The van der Waals surface area contributed by atoms with E-state index in [-0.39, 0.29) is 12.1 Å². The molecule has 100 valence electrons. The summed E-state index contributed by atoms with van der Waals surface area (Å²) in [6.45, 7) is 6.77. The van der Waals surface area contributed by atoms with Crippen LogP contribution in [0.1, 0.15) is 31.9 Å². The van der Waals surface area contributed by atoms with Crippen molar-refractivity contribution in [2.75, 3.05) is 24.6 Å². The molecule has 2 rings (SSSR count). The molecule has 1 aliphatic rings. The van der Waals surface area contributed by atoms with E-state index in [0.717, 1.165) is 42.4 Å². The van der Waals surface area contributed by atoms with Gasteiger partial charge in [-0.05, 0) is 38.0 Å². The van der Waals surface area contributed by atoms with Gasteiger partial charge in [-0.3, -0.25) is 0 Å². The molecule has 0 aromatic heterocycles.